The smallest absolute Gasteiger partial charge is 0.230 e. The van der Waals surface area contributed by atoms with E-state index in [1.165, 1.54) is 11.5 Å². The molecule has 0 aliphatic heterocycles. The van der Waals surface area contributed by atoms with Gasteiger partial charge in [-0.3, -0.25) is 4.79 Å². The number of carbonyl (C=O) groups is 1. The Morgan fingerprint density at radius 1 is 1.57 bits per heavy atom. The first kappa shape index (κ1) is 11.1. The fraction of sp³-hybridized carbons (Fsp3) is 0.625. The van der Waals surface area contributed by atoms with Crippen molar-refractivity contribution in [2.75, 3.05) is 5.32 Å². The number of aromatic nitrogens is 2. The molecule has 1 heterocycles. The van der Waals surface area contributed by atoms with Gasteiger partial charge in [0.25, 0.3) is 0 Å². The van der Waals surface area contributed by atoms with Gasteiger partial charge in [0.1, 0.15) is 5.82 Å². The van der Waals surface area contributed by atoms with Gasteiger partial charge < -0.3 is 11.1 Å². The number of aryl methyl sites for hydroxylation is 1. The van der Waals surface area contributed by atoms with E-state index in [4.69, 9.17) is 5.73 Å². The van der Waals surface area contributed by atoms with Crippen molar-refractivity contribution in [3.8, 4) is 0 Å². The van der Waals surface area contributed by atoms with Crippen LogP contribution in [-0.2, 0) is 4.79 Å². The van der Waals surface area contributed by atoms with E-state index >= 15 is 0 Å². The van der Waals surface area contributed by atoms with Gasteiger partial charge in [0, 0.05) is 17.6 Å². The van der Waals surface area contributed by atoms with Crippen molar-refractivity contribution in [1.82, 2.24) is 9.36 Å². The molecular formula is C8H14N4OS. The molecule has 1 rings (SSSR count). The van der Waals surface area contributed by atoms with Crippen LogP contribution in [0.4, 0.5) is 5.13 Å². The zero-order valence-corrected chi connectivity index (χ0v) is 9.26. The molecule has 6 heteroatoms. The van der Waals surface area contributed by atoms with E-state index in [0.717, 1.165) is 0 Å². The lowest BCUT2D eigenvalue weighted by molar-refractivity contribution is -0.119. The van der Waals surface area contributed by atoms with Crippen molar-refractivity contribution >= 4 is 22.6 Å². The average molecular weight is 214 g/mol. The number of nitrogens with zero attached hydrogens (tertiary/aromatic N) is 2. The van der Waals surface area contributed by atoms with Crippen LogP contribution in [0.5, 0.6) is 0 Å². The molecule has 2 atom stereocenters. The molecule has 0 bridgehead atoms. The average Bonchev–Trinajstić information content (AvgIpc) is 2.49. The minimum atomic E-state index is -0.223. The van der Waals surface area contributed by atoms with Crippen molar-refractivity contribution in [3.63, 3.8) is 0 Å². The largest absolute Gasteiger partial charge is 0.327 e. The van der Waals surface area contributed by atoms with E-state index in [1.54, 1.807) is 20.8 Å². The molecule has 0 aliphatic rings. The molecule has 0 saturated carbocycles. The van der Waals surface area contributed by atoms with Crippen molar-refractivity contribution in [2.45, 2.75) is 26.8 Å². The number of hydrogen-bond donors (Lipinski definition) is 2. The highest BCUT2D eigenvalue weighted by Crippen LogP contribution is 2.12. The van der Waals surface area contributed by atoms with E-state index in [2.05, 4.69) is 14.7 Å². The van der Waals surface area contributed by atoms with E-state index in [-0.39, 0.29) is 17.9 Å². The normalized spacial score (nSPS) is 14.9. The summed E-state index contributed by atoms with van der Waals surface area (Å²) in [4.78, 5) is 15.5. The number of nitrogens with two attached hydrogens (primary N) is 1. The highest BCUT2D eigenvalue weighted by molar-refractivity contribution is 7.09. The fourth-order valence-electron chi connectivity index (χ4n) is 0.806. The third-order valence-electron chi connectivity index (χ3n) is 1.96. The Balaban J connectivity index is 2.57. The summed E-state index contributed by atoms with van der Waals surface area (Å²) < 4.78 is 3.96. The van der Waals surface area contributed by atoms with Crippen LogP contribution in [-0.4, -0.2) is 21.3 Å². The van der Waals surface area contributed by atoms with Crippen LogP contribution in [0.25, 0.3) is 0 Å². The van der Waals surface area contributed by atoms with E-state index < -0.39 is 0 Å². The molecule has 0 radical (unpaired) electrons. The predicted octanol–water partition coefficient (Wildman–Crippen LogP) is 0.768. The molecule has 2 unspecified atom stereocenters. The number of anilines is 1. The van der Waals surface area contributed by atoms with Gasteiger partial charge in [-0.1, -0.05) is 6.92 Å². The van der Waals surface area contributed by atoms with Crippen LogP contribution in [0.15, 0.2) is 0 Å². The van der Waals surface area contributed by atoms with Crippen molar-refractivity contribution in [2.24, 2.45) is 11.7 Å². The molecule has 78 valence electrons. The molecule has 0 fully saturated rings. The van der Waals surface area contributed by atoms with Gasteiger partial charge in [-0.25, -0.2) is 4.98 Å². The zero-order valence-electron chi connectivity index (χ0n) is 8.44. The molecule has 0 aromatic carbocycles. The molecule has 1 aromatic rings. The van der Waals surface area contributed by atoms with Gasteiger partial charge in [0.15, 0.2) is 0 Å². The Bertz CT molecular complexity index is 323. The Morgan fingerprint density at radius 3 is 2.64 bits per heavy atom. The number of rotatable bonds is 3. The minimum absolute atomic E-state index is 0.115. The van der Waals surface area contributed by atoms with Gasteiger partial charge in [-0.15, -0.1) is 0 Å². The first-order valence-corrected chi connectivity index (χ1v) is 5.15. The van der Waals surface area contributed by atoms with E-state index in [1.807, 2.05) is 0 Å². The fourth-order valence-corrected chi connectivity index (χ4v) is 1.38. The molecule has 1 aromatic heterocycles. The van der Waals surface area contributed by atoms with Crippen LogP contribution in [0.2, 0.25) is 0 Å². The van der Waals surface area contributed by atoms with Gasteiger partial charge in [-0.05, 0) is 13.8 Å². The zero-order chi connectivity index (χ0) is 10.7. The summed E-state index contributed by atoms with van der Waals surface area (Å²) in [6, 6.07) is -0.163. The lowest BCUT2D eigenvalue weighted by atomic mass is 10.0. The maximum atomic E-state index is 11.5. The molecule has 0 spiro atoms. The molecule has 3 N–H and O–H groups in total. The summed E-state index contributed by atoms with van der Waals surface area (Å²) in [6.07, 6.45) is 0. The summed E-state index contributed by atoms with van der Waals surface area (Å²) in [5.41, 5.74) is 5.60. The second kappa shape index (κ2) is 4.47. The second-order valence-corrected chi connectivity index (χ2v) is 4.04. The summed E-state index contributed by atoms with van der Waals surface area (Å²) in [5, 5.41) is 3.20. The summed E-state index contributed by atoms with van der Waals surface area (Å²) in [6.45, 7) is 5.37. The Labute approximate surface area is 86.9 Å². The lowest BCUT2D eigenvalue weighted by Gasteiger charge is -2.13. The molecule has 0 saturated heterocycles. The van der Waals surface area contributed by atoms with Crippen LogP contribution < -0.4 is 11.1 Å². The quantitative estimate of drug-likeness (QED) is 0.778. The Hall–Kier alpha value is -1.01. The number of amides is 1. The van der Waals surface area contributed by atoms with Crippen LogP contribution in [0, 0.1) is 12.8 Å². The number of hydrogen-bond acceptors (Lipinski definition) is 5. The van der Waals surface area contributed by atoms with Gasteiger partial charge >= 0.3 is 0 Å². The molecule has 0 aliphatic carbocycles. The van der Waals surface area contributed by atoms with Crippen molar-refractivity contribution < 1.29 is 4.79 Å². The molecule has 14 heavy (non-hydrogen) atoms. The number of carbonyl (C=O) groups excluding carboxylic acids is 1. The maximum absolute atomic E-state index is 11.5. The van der Waals surface area contributed by atoms with Crippen LogP contribution >= 0.6 is 11.5 Å². The molecule has 5 nitrogen and oxygen atoms in total. The predicted molar refractivity (Wildman–Crippen MR) is 56.1 cm³/mol. The van der Waals surface area contributed by atoms with Gasteiger partial charge in [0.2, 0.25) is 11.0 Å². The van der Waals surface area contributed by atoms with Crippen LogP contribution in [0.3, 0.4) is 0 Å². The summed E-state index contributed by atoms with van der Waals surface area (Å²) >= 11 is 1.17. The third-order valence-corrected chi connectivity index (χ3v) is 2.68. The first-order chi connectivity index (χ1) is 6.50. The Kier molecular flexibility index (Phi) is 3.54. The monoisotopic (exact) mass is 214 g/mol. The second-order valence-electron chi connectivity index (χ2n) is 3.28. The SMILES string of the molecule is Cc1nsc(NC(=O)C(C)C(C)N)n1. The summed E-state index contributed by atoms with van der Waals surface area (Å²) in [7, 11) is 0. The van der Waals surface area contributed by atoms with Crippen molar-refractivity contribution in [3.05, 3.63) is 5.82 Å². The Morgan fingerprint density at radius 2 is 2.21 bits per heavy atom. The number of nitrogens with one attached hydrogen (secondary N) is 1. The van der Waals surface area contributed by atoms with E-state index in [9.17, 15) is 4.79 Å². The topological polar surface area (TPSA) is 80.9 Å². The van der Waals surface area contributed by atoms with Gasteiger partial charge in [0.05, 0.1) is 5.92 Å². The lowest BCUT2D eigenvalue weighted by Crippen LogP contribution is -2.34. The van der Waals surface area contributed by atoms with Gasteiger partial charge in [-0.2, -0.15) is 4.37 Å². The summed E-state index contributed by atoms with van der Waals surface area (Å²) in [5.74, 6) is 0.328. The third kappa shape index (κ3) is 2.74. The molecular weight excluding hydrogens is 200 g/mol. The highest BCUT2D eigenvalue weighted by atomic mass is 32.1. The highest BCUT2D eigenvalue weighted by Gasteiger charge is 2.18. The standard InChI is InChI=1S/C8H14N4OS/c1-4(5(2)9)7(13)11-8-10-6(3)12-14-8/h4-5H,9H2,1-3H3,(H,10,11,12,13). The molecule has 1 amide bonds. The maximum Gasteiger partial charge on any atom is 0.230 e. The minimum Gasteiger partial charge on any atom is -0.327 e. The van der Waals surface area contributed by atoms with Crippen molar-refractivity contribution in [1.29, 1.82) is 0 Å². The van der Waals surface area contributed by atoms with Crippen LogP contribution in [0.1, 0.15) is 19.7 Å². The first-order valence-electron chi connectivity index (χ1n) is 4.37. The van der Waals surface area contributed by atoms with E-state index in [0.29, 0.717) is 11.0 Å².